The van der Waals surface area contributed by atoms with E-state index in [1.165, 1.54) is 12.8 Å². The van der Waals surface area contributed by atoms with Crippen LogP contribution in [0.3, 0.4) is 0 Å². The van der Waals surface area contributed by atoms with E-state index in [4.69, 9.17) is 4.74 Å². The lowest BCUT2D eigenvalue weighted by Gasteiger charge is -2.25. The van der Waals surface area contributed by atoms with Crippen molar-refractivity contribution in [1.82, 2.24) is 10.2 Å². The number of rotatable bonds is 8. The van der Waals surface area contributed by atoms with Crippen molar-refractivity contribution < 1.29 is 9.84 Å². The number of likely N-dealkylation sites (N-methyl/N-ethyl adjacent to an activating group) is 1. The zero-order valence-electron chi connectivity index (χ0n) is 12.7. The predicted molar refractivity (Wildman–Crippen MR) is 81.1 cm³/mol. The normalized spacial score (nSPS) is 18.1. The smallest absolute Gasteiger partial charge is 0.119 e. The van der Waals surface area contributed by atoms with Crippen LogP contribution in [0.1, 0.15) is 31.4 Å². The maximum atomic E-state index is 10.2. The van der Waals surface area contributed by atoms with Gasteiger partial charge in [0, 0.05) is 25.2 Å². The molecule has 1 fully saturated rings. The number of nitrogens with zero attached hydrogens (tertiary/aromatic N) is 1. The molecule has 112 valence electrons. The van der Waals surface area contributed by atoms with Crippen LogP contribution >= 0.6 is 0 Å². The fourth-order valence-electron chi connectivity index (χ4n) is 2.38. The highest BCUT2D eigenvalue weighted by Gasteiger charge is 2.28. The van der Waals surface area contributed by atoms with Gasteiger partial charge in [0.15, 0.2) is 0 Å². The number of hydrogen-bond donors (Lipinski definition) is 2. The van der Waals surface area contributed by atoms with Crippen LogP contribution in [0.25, 0.3) is 0 Å². The Kier molecular flexibility index (Phi) is 5.40. The Morgan fingerprint density at radius 3 is 2.80 bits per heavy atom. The van der Waals surface area contributed by atoms with Gasteiger partial charge in [-0.15, -0.1) is 0 Å². The molecule has 1 saturated carbocycles. The van der Waals surface area contributed by atoms with Crippen molar-refractivity contribution in [1.29, 1.82) is 0 Å². The third-order valence-electron chi connectivity index (χ3n) is 4.07. The van der Waals surface area contributed by atoms with E-state index in [0.29, 0.717) is 12.6 Å². The van der Waals surface area contributed by atoms with Crippen molar-refractivity contribution in [2.45, 2.75) is 38.0 Å². The summed E-state index contributed by atoms with van der Waals surface area (Å²) in [5, 5.41) is 13.5. The minimum atomic E-state index is -0.497. The molecule has 0 spiro atoms. The van der Waals surface area contributed by atoms with E-state index in [-0.39, 0.29) is 0 Å². The van der Waals surface area contributed by atoms with E-state index < -0.39 is 6.10 Å². The number of aliphatic hydroxyl groups is 1. The van der Waals surface area contributed by atoms with Crippen LogP contribution < -0.4 is 10.1 Å². The van der Waals surface area contributed by atoms with Gasteiger partial charge in [-0.05, 0) is 44.5 Å². The van der Waals surface area contributed by atoms with Gasteiger partial charge < -0.3 is 15.2 Å². The minimum absolute atomic E-state index is 0.497. The van der Waals surface area contributed by atoms with Crippen LogP contribution in [0.2, 0.25) is 0 Å². The highest BCUT2D eigenvalue weighted by Crippen LogP contribution is 2.26. The average molecular weight is 278 g/mol. The molecule has 0 aromatic heterocycles. The molecule has 0 amide bonds. The van der Waals surface area contributed by atoms with E-state index in [1.807, 2.05) is 24.3 Å². The first-order valence-corrected chi connectivity index (χ1v) is 7.36. The molecule has 2 atom stereocenters. The first-order chi connectivity index (χ1) is 9.61. The molecule has 20 heavy (non-hydrogen) atoms. The van der Waals surface area contributed by atoms with E-state index in [2.05, 4.69) is 24.2 Å². The summed E-state index contributed by atoms with van der Waals surface area (Å²) in [7, 11) is 3.82. The van der Waals surface area contributed by atoms with Crippen molar-refractivity contribution in [3.63, 3.8) is 0 Å². The molecule has 2 unspecified atom stereocenters. The molecular formula is C16H26N2O2. The van der Waals surface area contributed by atoms with Crippen molar-refractivity contribution in [2.75, 3.05) is 27.2 Å². The maximum Gasteiger partial charge on any atom is 0.119 e. The third-order valence-corrected chi connectivity index (χ3v) is 4.07. The second-order valence-corrected chi connectivity index (χ2v) is 5.70. The van der Waals surface area contributed by atoms with Gasteiger partial charge in [-0.25, -0.2) is 0 Å². The molecule has 0 heterocycles. The fourth-order valence-corrected chi connectivity index (χ4v) is 2.38. The molecule has 0 aliphatic heterocycles. The van der Waals surface area contributed by atoms with Gasteiger partial charge in [-0.3, -0.25) is 4.90 Å². The Morgan fingerprint density at radius 1 is 1.40 bits per heavy atom. The Bertz CT molecular complexity index is 421. The maximum absolute atomic E-state index is 10.2. The lowest BCUT2D eigenvalue weighted by Crippen LogP contribution is -2.40. The molecule has 2 rings (SSSR count). The topological polar surface area (TPSA) is 44.7 Å². The van der Waals surface area contributed by atoms with Crippen molar-refractivity contribution in [2.24, 2.45) is 0 Å². The highest BCUT2D eigenvalue weighted by atomic mass is 16.5. The number of ether oxygens (including phenoxy) is 1. The zero-order valence-corrected chi connectivity index (χ0v) is 12.7. The van der Waals surface area contributed by atoms with Crippen LogP contribution in [0.15, 0.2) is 24.3 Å². The van der Waals surface area contributed by atoms with Crippen molar-refractivity contribution >= 4 is 0 Å². The lowest BCUT2D eigenvalue weighted by atomic mass is 10.1. The molecule has 4 nitrogen and oxygen atoms in total. The number of methoxy groups -OCH3 is 1. The number of nitrogens with one attached hydrogen (secondary N) is 1. The quantitative estimate of drug-likeness (QED) is 0.761. The first-order valence-electron chi connectivity index (χ1n) is 7.36. The molecule has 0 bridgehead atoms. The molecule has 1 aliphatic rings. The minimum Gasteiger partial charge on any atom is -0.497 e. The zero-order chi connectivity index (χ0) is 14.5. The van der Waals surface area contributed by atoms with Gasteiger partial charge >= 0.3 is 0 Å². The summed E-state index contributed by atoms with van der Waals surface area (Å²) in [4.78, 5) is 2.42. The summed E-state index contributed by atoms with van der Waals surface area (Å²) in [5.74, 6) is 0.781. The van der Waals surface area contributed by atoms with Crippen LogP contribution in [0.5, 0.6) is 5.75 Å². The number of benzene rings is 1. The Labute approximate surface area is 121 Å². The molecule has 2 N–H and O–H groups in total. The van der Waals surface area contributed by atoms with Gasteiger partial charge in [-0.2, -0.15) is 0 Å². The fraction of sp³-hybridized carbons (Fsp3) is 0.625. The molecule has 0 radical (unpaired) electrons. The summed E-state index contributed by atoms with van der Waals surface area (Å²) < 4.78 is 5.17. The SMILES string of the molecule is COc1cccc(C(O)CNCC(C)N(C)C2CC2)c1. The predicted octanol–water partition coefficient (Wildman–Crippen LogP) is 1.80. The van der Waals surface area contributed by atoms with E-state index in [9.17, 15) is 5.11 Å². The second kappa shape index (κ2) is 7.07. The Balaban J connectivity index is 1.75. The Morgan fingerprint density at radius 2 is 2.15 bits per heavy atom. The highest BCUT2D eigenvalue weighted by molar-refractivity contribution is 5.29. The average Bonchev–Trinajstić information content (AvgIpc) is 3.30. The summed E-state index contributed by atoms with van der Waals surface area (Å²) >= 11 is 0. The van der Waals surface area contributed by atoms with Crippen LogP contribution in [0, 0.1) is 0 Å². The van der Waals surface area contributed by atoms with Crippen molar-refractivity contribution in [3.05, 3.63) is 29.8 Å². The molecular weight excluding hydrogens is 252 g/mol. The van der Waals surface area contributed by atoms with Gasteiger partial charge in [0.2, 0.25) is 0 Å². The third kappa shape index (κ3) is 4.20. The summed E-state index contributed by atoms with van der Waals surface area (Å²) in [6.45, 7) is 3.69. The van der Waals surface area contributed by atoms with Crippen LogP contribution in [-0.4, -0.2) is 49.3 Å². The van der Waals surface area contributed by atoms with Gasteiger partial charge in [0.05, 0.1) is 13.2 Å². The standard InChI is InChI=1S/C16H26N2O2/c1-12(18(2)14-7-8-14)10-17-11-16(19)13-5-4-6-15(9-13)20-3/h4-6,9,12,14,16-17,19H,7-8,10-11H2,1-3H3. The van der Waals surface area contributed by atoms with Gasteiger partial charge in [0.1, 0.15) is 5.75 Å². The molecule has 0 saturated heterocycles. The monoisotopic (exact) mass is 278 g/mol. The summed E-state index contributed by atoms with van der Waals surface area (Å²) in [5.41, 5.74) is 0.889. The molecule has 4 heteroatoms. The van der Waals surface area contributed by atoms with E-state index in [0.717, 1.165) is 23.9 Å². The molecule has 1 aromatic carbocycles. The summed E-state index contributed by atoms with van der Waals surface area (Å²) in [6, 6.07) is 8.87. The first kappa shape index (κ1) is 15.3. The van der Waals surface area contributed by atoms with Crippen molar-refractivity contribution in [3.8, 4) is 5.75 Å². The van der Waals surface area contributed by atoms with E-state index >= 15 is 0 Å². The Hall–Kier alpha value is -1.10. The number of aliphatic hydroxyl groups excluding tert-OH is 1. The van der Waals surface area contributed by atoms with Gasteiger partial charge in [0.25, 0.3) is 0 Å². The molecule has 1 aromatic rings. The van der Waals surface area contributed by atoms with Crippen LogP contribution in [0.4, 0.5) is 0 Å². The van der Waals surface area contributed by atoms with E-state index in [1.54, 1.807) is 7.11 Å². The second-order valence-electron chi connectivity index (χ2n) is 5.70. The van der Waals surface area contributed by atoms with Gasteiger partial charge in [-0.1, -0.05) is 12.1 Å². The van der Waals surface area contributed by atoms with Crippen LogP contribution in [-0.2, 0) is 0 Å². The number of hydrogen-bond acceptors (Lipinski definition) is 4. The lowest BCUT2D eigenvalue weighted by molar-refractivity contribution is 0.166. The largest absolute Gasteiger partial charge is 0.497 e. The summed E-state index contributed by atoms with van der Waals surface area (Å²) in [6.07, 6.45) is 2.16. The molecule has 1 aliphatic carbocycles.